The molecule has 0 aliphatic rings. The van der Waals surface area contributed by atoms with Crippen LogP contribution >= 0.6 is 15.9 Å². The normalized spacial score (nSPS) is 10.8. The van der Waals surface area contributed by atoms with E-state index in [-0.39, 0.29) is 15.9 Å². The lowest BCUT2D eigenvalue weighted by Gasteiger charge is -2.03. The van der Waals surface area contributed by atoms with E-state index in [1.807, 2.05) is 0 Å². The summed E-state index contributed by atoms with van der Waals surface area (Å²) in [4.78, 5) is 11.4. The fourth-order valence-corrected chi connectivity index (χ4v) is 2.69. The SMILES string of the molecule is O=Cc1c(-c2ccc(F)cc2)nn(-c2ccc(F)c(F)c2)c1Br. The standard InChI is InChI=1S/C16H8BrF3N2O/c17-16-12(8-23)15(9-1-3-10(18)4-2-9)21-22(16)11-5-6-13(19)14(20)7-11/h1-8H. The van der Waals surface area contributed by atoms with Gasteiger partial charge < -0.3 is 0 Å². The molecule has 1 aromatic heterocycles. The summed E-state index contributed by atoms with van der Waals surface area (Å²) in [5, 5.41) is 4.25. The molecule has 0 saturated heterocycles. The lowest BCUT2D eigenvalue weighted by molar-refractivity contribution is 0.112. The van der Waals surface area contributed by atoms with Crippen molar-refractivity contribution in [1.82, 2.24) is 9.78 Å². The van der Waals surface area contributed by atoms with Crippen molar-refractivity contribution in [3.63, 3.8) is 0 Å². The monoisotopic (exact) mass is 380 g/mol. The summed E-state index contributed by atoms with van der Waals surface area (Å²) in [7, 11) is 0. The zero-order chi connectivity index (χ0) is 16.6. The third-order valence-corrected chi connectivity index (χ3v) is 4.01. The average molecular weight is 381 g/mol. The third-order valence-electron chi connectivity index (χ3n) is 3.25. The number of aromatic nitrogens is 2. The first kappa shape index (κ1) is 15.5. The second kappa shape index (κ2) is 6.00. The fourth-order valence-electron chi connectivity index (χ4n) is 2.12. The molecule has 0 fully saturated rings. The Morgan fingerprint density at radius 2 is 1.70 bits per heavy atom. The molecular weight excluding hydrogens is 373 g/mol. The van der Waals surface area contributed by atoms with Crippen molar-refractivity contribution in [1.29, 1.82) is 0 Å². The molecular formula is C16H8BrF3N2O. The van der Waals surface area contributed by atoms with E-state index in [0.717, 1.165) is 12.1 Å². The number of hydrogen-bond acceptors (Lipinski definition) is 2. The minimum atomic E-state index is -1.03. The summed E-state index contributed by atoms with van der Waals surface area (Å²) in [6.45, 7) is 0. The maximum atomic E-state index is 13.4. The number of hydrogen-bond donors (Lipinski definition) is 0. The van der Waals surface area contributed by atoms with Crippen molar-refractivity contribution >= 4 is 22.2 Å². The van der Waals surface area contributed by atoms with Crippen molar-refractivity contribution in [2.45, 2.75) is 0 Å². The van der Waals surface area contributed by atoms with Gasteiger partial charge in [-0.25, -0.2) is 17.9 Å². The lowest BCUT2D eigenvalue weighted by atomic mass is 10.1. The van der Waals surface area contributed by atoms with Gasteiger partial charge >= 0.3 is 0 Å². The van der Waals surface area contributed by atoms with Crippen molar-refractivity contribution in [2.75, 3.05) is 0 Å². The second-order valence-corrected chi connectivity index (χ2v) is 5.44. The third kappa shape index (κ3) is 2.79. The van der Waals surface area contributed by atoms with E-state index in [1.54, 1.807) is 0 Å². The Bertz CT molecular complexity index is 891. The van der Waals surface area contributed by atoms with Gasteiger partial charge in [-0.2, -0.15) is 5.10 Å². The van der Waals surface area contributed by atoms with Crippen LogP contribution in [0.4, 0.5) is 13.2 Å². The number of nitrogens with zero attached hydrogens (tertiary/aromatic N) is 2. The van der Waals surface area contributed by atoms with Gasteiger partial charge in [0.2, 0.25) is 0 Å². The highest BCUT2D eigenvalue weighted by atomic mass is 79.9. The summed E-state index contributed by atoms with van der Waals surface area (Å²) in [5.74, 6) is -2.42. The minimum Gasteiger partial charge on any atom is -0.298 e. The molecule has 116 valence electrons. The van der Waals surface area contributed by atoms with E-state index in [2.05, 4.69) is 21.0 Å². The summed E-state index contributed by atoms with van der Waals surface area (Å²) in [6.07, 6.45) is 0.589. The Hall–Kier alpha value is -2.41. The van der Waals surface area contributed by atoms with Crippen molar-refractivity contribution < 1.29 is 18.0 Å². The van der Waals surface area contributed by atoms with Crippen LogP contribution < -0.4 is 0 Å². The molecule has 0 saturated carbocycles. The van der Waals surface area contributed by atoms with Crippen molar-refractivity contribution in [2.24, 2.45) is 0 Å². The first-order chi connectivity index (χ1) is 11.0. The van der Waals surface area contributed by atoms with E-state index in [1.165, 1.54) is 35.0 Å². The molecule has 0 aliphatic heterocycles. The molecule has 0 aliphatic carbocycles. The Morgan fingerprint density at radius 1 is 1.00 bits per heavy atom. The minimum absolute atomic E-state index is 0.223. The van der Waals surface area contributed by atoms with Crippen LogP contribution in [0.15, 0.2) is 47.1 Å². The maximum Gasteiger partial charge on any atom is 0.160 e. The quantitative estimate of drug-likeness (QED) is 0.625. The number of halogens is 4. The molecule has 3 aromatic rings. The Balaban J connectivity index is 2.18. The van der Waals surface area contributed by atoms with Gasteiger partial charge in [-0.1, -0.05) is 0 Å². The summed E-state index contributed by atoms with van der Waals surface area (Å²) >= 11 is 3.23. The van der Waals surface area contributed by atoms with Crippen molar-refractivity contribution in [3.05, 3.63) is 70.1 Å². The van der Waals surface area contributed by atoms with Crippen LogP contribution in [0.2, 0.25) is 0 Å². The molecule has 0 bridgehead atoms. The zero-order valence-electron chi connectivity index (χ0n) is 11.4. The molecule has 2 aromatic carbocycles. The number of aldehydes is 1. The van der Waals surface area contributed by atoms with E-state index < -0.39 is 17.5 Å². The van der Waals surface area contributed by atoms with Crippen LogP contribution in [-0.4, -0.2) is 16.1 Å². The highest BCUT2D eigenvalue weighted by Gasteiger charge is 2.18. The highest BCUT2D eigenvalue weighted by Crippen LogP contribution is 2.30. The van der Waals surface area contributed by atoms with Gasteiger partial charge in [0, 0.05) is 11.6 Å². The number of carbonyl (C=O) groups is 1. The number of carbonyl (C=O) groups excluding carboxylic acids is 1. The van der Waals surface area contributed by atoms with E-state index in [0.29, 0.717) is 17.5 Å². The fraction of sp³-hybridized carbons (Fsp3) is 0. The summed E-state index contributed by atoms with van der Waals surface area (Å²) < 4.78 is 41.1. The van der Waals surface area contributed by atoms with Crippen LogP contribution in [0.5, 0.6) is 0 Å². The Morgan fingerprint density at radius 3 is 2.30 bits per heavy atom. The molecule has 0 spiro atoms. The Labute approximate surface area is 137 Å². The van der Waals surface area contributed by atoms with E-state index in [9.17, 15) is 18.0 Å². The van der Waals surface area contributed by atoms with Crippen LogP contribution in [0.25, 0.3) is 16.9 Å². The summed E-state index contributed by atoms with van der Waals surface area (Å²) in [6, 6.07) is 8.72. The van der Waals surface area contributed by atoms with Crippen LogP contribution in [0.3, 0.4) is 0 Å². The Kier molecular flexibility index (Phi) is 4.04. The van der Waals surface area contributed by atoms with E-state index in [4.69, 9.17) is 0 Å². The first-order valence-corrected chi connectivity index (χ1v) is 7.25. The summed E-state index contributed by atoms with van der Waals surface area (Å²) in [5.41, 5.74) is 1.29. The van der Waals surface area contributed by atoms with Crippen molar-refractivity contribution in [3.8, 4) is 16.9 Å². The molecule has 3 nitrogen and oxygen atoms in total. The van der Waals surface area contributed by atoms with Gasteiger partial charge in [-0.15, -0.1) is 0 Å². The topological polar surface area (TPSA) is 34.9 Å². The maximum absolute atomic E-state index is 13.4. The van der Waals surface area contributed by atoms with Gasteiger partial charge in [-0.3, -0.25) is 4.79 Å². The van der Waals surface area contributed by atoms with Gasteiger partial charge in [0.15, 0.2) is 17.9 Å². The molecule has 0 N–H and O–H groups in total. The first-order valence-electron chi connectivity index (χ1n) is 6.46. The highest BCUT2D eigenvalue weighted by molar-refractivity contribution is 9.10. The molecule has 0 unspecified atom stereocenters. The lowest BCUT2D eigenvalue weighted by Crippen LogP contribution is -1.99. The molecule has 0 atom stereocenters. The smallest absolute Gasteiger partial charge is 0.160 e. The van der Waals surface area contributed by atoms with Gasteiger partial charge in [-0.05, 0) is 52.3 Å². The molecule has 1 heterocycles. The molecule has 3 rings (SSSR count). The number of rotatable bonds is 3. The number of benzene rings is 2. The zero-order valence-corrected chi connectivity index (χ0v) is 13.0. The van der Waals surface area contributed by atoms with Crippen LogP contribution in [0.1, 0.15) is 10.4 Å². The van der Waals surface area contributed by atoms with E-state index >= 15 is 0 Å². The predicted molar refractivity (Wildman–Crippen MR) is 82.0 cm³/mol. The molecule has 0 amide bonds. The molecule has 23 heavy (non-hydrogen) atoms. The van der Waals surface area contributed by atoms with Crippen LogP contribution in [0, 0.1) is 17.5 Å². The second-order valence-electron chi connectivity index (χ2n) is 4.69. The predicted octanol–water partition coefficient (Wildman–Crippen LogP) is 4.53. The molecule has 0 radical (unpaired) electrons. The largest absolute Gasteiger partial charge is 0.298 e. The van der Waals surface area contributed by atoms with Gasteiger partial charge in [0.25, 0.3) is 0 Å². The van der Waals surface area contributed by atoms with Gasteiger partial charge in [0.05, 0.1) is 11.3 Å². The van der Waals surface area contributed by atoms with Gasteiger partial charge in [0.1, 0.15) is 16.1 Å². The molecule has 7 heteroatoms. The van der Waals surface area contributed by atoms with Crippen LogP contribution in [-0.2, 0) is 0 Å². The average Bonchev–Trinajstić information content (AvgIpc) is 2.87.